The fourth-order valence-corrected chi connectivity index (χ4v) is 2.95. The molecule has 3 aromatic rings. The lowest BCUT2D eigenvalue weighted by Crippen LogP contribution is -2.19. The zero-order valence-corrected chi connectivity index (χ0v) is 14.6. The van der Waals surface area contributed by atoms with Gasteiger partial charge in [-0.3, -0.25) is 9.48 Å². The van der Waals surface area contributed by atoms with Crippen molar-refractivity contribution >= 4 is 10.9 Å². The summed E-state index contributed by atoms with van der Waals surface area (Å²) in [4.78, 5) is 12.7. The van der Waals surface area contributed by atoms with E-state index in [1.165, 1.54) is 24.3 Å². The third kappa shape index (κ3) is 4.41. The molecule has 154 valence electrons. The van der Waals surface area contributed by atoms with Crippen molar-refractivity contribution in [3.8, 4) is 11.3 Å². The smallest absolute Gasteiger partial charge is 0.287 e. The lowest BCUT2D eigenvalue weighted by Gasteiger charge is -2.14. The molecule has 0 bridgehead atoms. The molecule has 0 saturated carbocycles. The van der Waals surface area contributed by atoms with Gasteiger partial charge in [0.2, 0.25) is 5.43 Å². The second-order valence-electron chi connectivity index (χ2n) is 6.30. The van der Waals surface area contributed by atoms with Crippen LogP contribution < -0.4 is 5.43 Å². The van der Waals surface area contributed by atoms with E-state index in [4.69, 9.17) is 0 Å². The minimum atomic E-state index is -4.98. The lowest BCUT2D eigenvalue weighted by molar-refractivity contribution is -0.140. The highest BCUT2D eigenvalue weighted by Crippen LogP contribution is 2.34. The van der Waals surface area contributed by atoms with Crippen molar-refractivity contribution in [2.45, 2.75) is 31.7 Å². The molecular formula is C19H13F7N2O. The van der Waals surface area contributed by atoms with E-state index in [0.29, 0.717) is 6.07 Å². The van der Waals surface area contributed by atoms with E-state index in [9.17, 15) is 35.5 Å². The molecule has 2 aromatic carbocycles. The molecule has 0 aliphatic carbocycles. The van der Waals surface area contributed by atoms with Crippen LogP contribution in [-0.4, -0.2) is 16.0 Å². The fraction of sp³-hybridized carbons (Fsp3) is 0.263. The molecule has 0 saturated heterocycles. The van der Waals surface area contributed by atoms with Crippen LogP contribution >= 0.6 is 0 Å². The quantitative estimate of drug-likeness (QED) is 0.520. The Balaban J connectivity index is 2.17. The van der Waals surface area contributed by atoms with Crippen molar-refractivity contribution in [2.75, 3.05) is 0 Å². The van der Waals surface area contributed by atoms with Crippen LogP contribution in [0.15, 0.2) is 47.3 Å². The molecule has 0 fully saturated rings. The molecule has 1 heterocycles. The zero-order chi connectivity index (χ0) is 21.4. The maximum atomic E-state index is 14.5. The molecule has 1 aromatic heterocycles. The van der Waals surface area contributed by atoms with E-state index >= 15 is 0 Å². The Morgan fingerprint density at radius 1 is 0.931 bits per heavy atom. The van der Waals surface area contributed by atoms with Gasteiger partial charge in [-0.2, -0.15) is 31.4 Å². The molecule has 29 heavy (non-hydrogen) atoms. The van der Waals surface area contributed by atoms with Gasteiger partial charge in [0.05, 0.1) is 11.1 Å². The fourth-order valence-electron chi connectivity index (χ4n) is 2.95. The number of alkyl halides is 6. The van der Waals surface area contributed by atoms with Gasteiger partial charge in [-0.05, 0) is 30.7 Å². The topological polar surface area (TPSA) is 34.9 Å². The van der Waals surface area contributed by atoms with Gasteiger partial charge in [-0.15, -0.1) is 0 Å². The summed E-state index contributed by atoms with van der Waals surface area (Å²) in [6.07, 6.45) is -10.9. The predicted molar refractivity (Wildman–Crippen MR) is 91.7 cm³/mol. The molecule has 3 nitrogen and oxygen atoms in total. The van der Waals surface area contributed by atoms with Gasteiger partial charge in [0.1, 0.15) is 11.5 Å². The third-order valence-corrected chi connectivity index (χ3v) is 4.25. The maximum absolute atomic E-state index is 14.5. The Morgan fingerprint density at radius 2 is 1.62 bits per heavy atom. The summed E-state index contributed by atoms with van der Waals surface area (Å²) >= 11 is 0. The number of para-hydroxylation sites is 1. The molecule has 0 radical (unpaired) electrons. The van der Waals surface area contributed by atoms with Gasteiger partial charge in [-0.1, -0.05) is 18.2 Å². The lowest BCUT2D eigenvalue weighted by atomic mass is 10.0. The normalized spacial score (nSPS) is 12.5. The van der Waals surface area contributed by atoms with Crippen LogP contribution in [0.1, 0.15) is 18.4 Å². The van der Waals surface area contributed by atoms with E-state index in [1.54, 1.807) is 0 Å². The summed E-state index contributed by atoms with van der Waals surface area (Å²) in [5.74, 6) is -1.67. The van der Waals surface area contributed by atoms with Gasteiger partial charge in [0, 0.05) is 23.9 Å². The summed E-state index contributed by atoms with van der Waals surface area (Å²) in [6, 6.07) is 8.26. The molecule has 0 unspecified atom stereocenters. The summed E-state index contributed by atoms with van der Waals surface area (Å²) in [5, 5.41) is 3.92. The maximum Gasteiger partial charge on any atom is 0.419 e. The number of halogens is 7. The number of rotatable bonds is 4. The van der Waals surface area contributed by atoms with Crippen LogP contribution in [0.3, 0.4) is 0 Å². The standard InChI is InChI=1S/C19H13F7N2O/c20-15-12(6-3-7-13(15)19(24,25)26)16-17(29)11-5-1-2-8-14(11)28(27-16)10-4-9-18(21,22)23/h1-3,5-8H,4,9-10H2. The minimum absolute atomic E-state index is 0.0151. The van der Waals surface area contributed by atoms with Crippen molar-refractivity contribution in [3.05, 3.63) is 64.1 Å². The van der Waals surface area contributed by atoms with Crippen LogP contribution in [0.2, 0.25) is 0 Å². The first-order valence-corrected chi connectivity index (χ1v) is 8.42. The Kier molecular flexibility index (Phi) is 5.38. The van der Waals surface area contributed by atoms with Crippen molar-refractivity contribution in [1.82, 2.24) is 9.78 Å². The van der Waals surface area contributed by atoms with Gasteiger partial charge in [-0.25, -0.2) is 4.39 Å². The van der Waals surface area contributed by atoms with E-state index < -0.39 is 46.8 Å². The number of hydrogen-bond acceptors (Lipinski definition) is 2. The summed E-state index contributed by atoms with van der Waals surface area (Å²) in [7, 11) is 0. The highest BCUT2D eigenvalue weighted by Gasteiger charge is 2.35. The number of nitrogens with zero attached hydrogens (tertiary/aromatic N) is 2. The van der Waals surface area contributed by atoms with Gasteiger partial charge in [0.15, 0.2) is 0 Å². The highest BCUT2D eigenvalue weighted by molar-refractivity contribution is 5.82. The second kappa shape index (κ2) is 7.49. The average Bonchev–Trinajstić information content (AvgIpc) is 2.62. The molecule has 10 heteroatoms. The van der Waals surface area contributed by atoms with E-state index in [2.05, 4.69) is 5.10 Å². The van der Waals surface area contributed by atoms with Crippen LogP contribution in [0.25, 0.3) is 22.2 Å². The van der Waals surface area contributed by atoms with Crippen LogP contribution in [0.5, 0.6) is 0 Å². The average molecular weight is 418 g/mol. The Labute approximate surface area is 159 Å². The first-order valence-electron chi connectivity index (χ1n) is 8.42. The molecule has 0 atom stereocenters. The highest BCUT2D eigenvalue weighted by atomic mass is 19.4. The minimum Gasteiger partial charge on any atom is -0.287 e. The first-order chi connectivity index (χ1) is 13.5. The molecule has 0 amide bonds. The second-order valence-corrected chi connectivity index (χ2v) is 6.30. The van der Waals surface area contributed by atoms with Gasteiger partial charge in [0.25, 0.3) is 0 Å². The third-order valence-electron chi connectivity index (χ3n) is 4.25. The number of hydrogen-bond donors (Lipinski definition) is 0. The van der Waals surface area contributed by atoms with Crippen LogP contribution in [0, 0.1) is 5.82 Å². The summed E-state index contributed by atoms with van der Waals surface area (Å²) in [6.45, 7) is -0.256. The molecule has 0 N–H and O–H groups in total. The van der Waals surface area contributed by atoms with Crippen molar-refractivity contribution in [2.24, 2.45) is 0 Å². The Bertz CT molecular complexity index is 1100. The molecule has 0 spiro atoms. The SMILES string of the molecule is O=c1c(-c2cccc(C(F)(F)F)c2F)nn(CCCC(F)(F)F)c2ccccc12. The largest absolute Gasteiger partial charge is 0.419 e. The number of benzene rings is 2. The number of aromatic nitrogens is 2. The van der Waals surface area contributed by atoms with Crippen molar-refractivity contribution in [3.63, 3.8) is 0 Å². The molecular weight excluding hydrogens is 405 g/mol. The molecule has 0 aliphatic rings. The number of fused-ring (bicyclic) bond motifs is 1. The predicted octanol–water partition coefficient (Wildman–Crippen LogP) is 5.56. The summed E-state index contributed by atoms with van der Waals surface area (Å²) < 4.78 is 92.0. The summed E-state index contributed by atoms with van der Waals surface area (Å²) in [5.41, 5.74) is -3.44. The zero-order valence-electron chi connectivity index (χ0n) is 14.6. The van der Waals surface area contributed by atoms with Crippen LogP contribution in [-0.2, 0) is 12.7 Å². The van der Waals surface area contributed by atoms with Crippen LogP contribution in [0.4, 0.5) is 30.7 Å². The Morgan fingerprint density at radius 3 is 2.28 bits per heavy atom. The van der Waals surface area contributed by atoms with E-state index in [0.717, 1.165) is 16.8 Å². The van der Waals surface area contributed by atoms with Gasteiger partial charge >= 0.3 is 12.4 Å². The van der Waals surface area contributed by atoms with E-state index in [1.807, 2.05) is 0 Å². The first kappa shape index (κ1) is 20.8. The Hall–Kier alpha value is -2.91. The molecule has 0 aliphatic heterocycles. The molecule has 3 rings (SSSR count). The van der Waals surface area contributed by atoms with Gasteiger partial charge < -0.3 is 0 Å². The van der Waals surface area contributed by atoms with Crippen molar-refractivity contribution < 1.29 is 30.7 Å². The van der Waals surface area contributed by atoms with E-state index in [-0.39, 0.29) is 23.9 Å². The van der Waals surface area contributed by atoms with Crippen molar-refractivity contribution in [1.29, 1.82) is 0 Å². The number of aryl methyl sites for hydroxylation is 1. The monoisotopic (exact) mass is 418 g/mol.